The Morgan fingerprint density at radius 1 is 1.30 bits per heavy atom. The molecule has 0 saturated heterocycles. The zero-order valence-corrected chi connectivity index (χ0v) is 14.7. The molecule has 122 valence electrons. The Labute approximate surface area is 146 Å². The maximum atomic E-state index is 6.09. The predicted molar refractivity (Wildman–Crippen MR) is 96.3 cm³/mol. The highest BCUT2D eigenvalue weighted by Gasteiger charge is 2.48. The molecule has 23 heavy (non-hydrogen) atoms. The van der Waals surface area contributed by atoms with Crippen LogP contribution in [-0.2, 0) is 18.3 Å². The van der Waals surface area contributed by atoms with Gasteiger partial charge in [0.25, 0.3) is 0 Å². The van der Waals surface area contributed by atoms with E-state index in [9.17, 15) is 0 Å². The van der Waals surface area contributed by atoms with E-state index in [1.165, 1.54) is 40.4 Å². The van der Waals surface area contributed by atoms with E-state index < -0.39 is 0 Å². The number of halogens is 1. The zero-order chi connectivity index (χ0) is 15.9. The molecule has 3 nitrogen and oxygen atoms in total. The van der Waals surface area contributed by atoms with Gasteiger partial charge in [-0.3, -0.25) is 0 Å². The van der Waals surface area contributed by atoms with Gasteiger partial charge < -0.3 is 11.1 Å². The molecular weight excluding hydrogens is 326 g/mol. The average Bonchev–Trinajstić information content (AvgIpc) is 2.92. The lowest BCUT2D eigenvalue weighted by Gasteiger charge is -2.49. The van der Waals surface area contributed by atoms with Crippen LogP contribution < -0.4 is 11.1 Å². The van der Waals surface area contributed by atoms with Crippen LogP contribution in [-0.4, -0.2) is 18.1 Å². The Morgan fingerprint density at radius 2 is 2.09 bits per heavy atom. The number of aromatic nitrogens is 1. The topological polar surface area (TPSA) is 50.9 Å². The van der Waals surface area contributed by atoms with Gasteiger partial charge in [0.15, 0.2) is 0 Å². The molecule has 4 rings (SSSR count). The summed E-state index contributed by atoms with van der Waals surface area (Å²) in [6.07, 6.45) is 5.70. The van der Waals surface area contributed by atoms with Crippen LogP contribution in [0, 0.1) is 0 Å². The summed E-state index contributed by atoms with van der Waals surface area (Å²) in [5, 5.41) is 5.76. The number of nitrogens with one attached hydrogen (secondary N) is 1. The molecule has 1 aromatic heterocycles. The first-order valence-electron chi connectivity index (χ1n) is 8.41. The van der Waals surface area contributed by atoms with E-state index in [4.69, 9.17) is 22.3 Å². The molecule has 0 spiro atoms. The minimum absolute atomic E-state index is 0.174. The lowest BCUT2D eigenvalue weighted by atomic mass is 9.59. The average molecular weight is 348 g/mol. The van der Waals surface area contributed by atoms with E-state index in [1.54, 1.807) is 0 Å². The predicted octanol–water partition coefficient (Wildman–Crippen LogP) is 3.61. The van der Waals surface area contributed by atoms with Crippen molar-refractivity contribution in [2.45, 2.75) is 43.6 Å². The van der Waals surface area contributed by atoms with E-state index in [0.717, 1.165) is 24.4 Å². The molecule has 2 aliphatic rings. The molecule has 3 N–H and O–H groups in total. The van der Waals surface area contributed by atoms with Gasteiger partial charge in [-0.05, 0) is 43.5 Å². The molecule has 0 radical (unpaired) electrons. The van der Waals surface area contributed by atoms with Gasteiger partial charge in [-0.1, -0.05) is 30.2 Å². The Morgan fingerprint density at radius 3 is 2.74 bits per heavy atom. The third-order valence-corrected chi connectivity index (χ3v) is 6.76. The van der Waals surface area contributed by atoms with Crippen molar-refractivity contribution < 1.29 is 0 Å². The first kappa shape index (κ1) is 15.6. The largest absolute Gasteiger partial charge is 0.330 e. The molecule has 1 aromatic carbocycles. The number of fused-ring (bicyclic) bond motifs is 1. The molecular formula is C18H22ClN3S. The number of thiazole rings is 1. The van der Waals surface area contributed by atoms with Crippen molar-refractivity contribution in [3.05, 3.63) is 50.4 Å². The number of nitrogens with zero attached hydrogens (tertiary/aromatic N) is 1. The zero-order valence-electron chi connectivity index (χ0n) is 13.1. The number of hydrogen-bond acceptors (Lipinski definition) is 4. The van der Waals surface area contributed by atoms with E-state index in [-0.39, 0.29) is 5.41 Å². The van der Waals surface area contributed by atoms with Gasteiger partial charge in [0, 0.05) is 28.3 Å². The molecule has 2 heterocycles. The summed E-state index contributed by atoms with van der Waals surface area (Å²) in [4.78, 5) is 6.42. The van der Waals surface area contributed by atoms with Gasteiger partial charge in [0.1, 0.15) is 0 Å². The molecule has 5 heteroatoms. The molecule has 1 saturated carbocycles. The Bertz CT molecular complexity index is 691. The molecule has 1 fully saturated rings. The van der Waals surface area contributed by atoms with Gasteiger partial charge in [-0.15, -0.1) is 11.3 Å². The number of nitrogens with two attached hydrogens (primary N) is 1. The lowest BCUT2D eigenvalue weighted by molar-refractivity contribution is 0.162. The standard InChI is InChI=1S/C18H22ClN3S/c19-13-4-2-12(3-5-13)18(8-1-9-18)17-16-14(7-11-21-17)23-15(22-16)6-10-20/h2-5,17,21H,1,6-11,20H2. The molecule has 0 bridgehead atoms. The fraction of sp³-hybridized carbons (Fsp3) is 0.500. The summed E-state index contributed by atoms with van der Waals surface area (Å²) in [5.74, 6) is 0. The summed E-state index contributed by atoms with van der Waals surface area (Å²) in [6.45, 7) is 1.71. The van der Waals surface area contributed by atoms with Gasteiger partial charge in [-0.2, -0.15) is 0 Å². The maximum Gasteiger partial charge on any atom is 0.0944 e. The van der Waals surface area contributed by atoms with E-state index >= 15 is 0 Å². The van der Waals surface area contributed by atoms with Crippen molar-refractivity contribution in [2.75, 3.05) is 13.1 Å². The highest BCUT2D eigenvalue weighted by atomic mass is 35.5. The molecule has 1 unspecified atom stereocenters. The fourth-order valence-electron chi connectivity index (χ4n) is 4.02. The normalized spacial score (nSPS) is 22.4. The quantitative estimate of drug-likeness (QED) is 0.888. The Hall–Kier alpha value is -0.940. The van der Waals surface area contributed by atoms with Crippen LogP contribution in [0.2, 0.25) is 5.02 Å². The molecule has 2 aromatic rings. The second-order valence-corrected chi connectivity index (χ2v) is 8.21. The van der Waals surface area contributed by atoms with Gasteiger partial charge >= 0.3 is 0 Å². The van der Waals surface area contributed by atoms with Crippen LogP contribution in [0.5, 0.6) is 0 Å². The summed E-state index contributed by atoms with van der Waals surface area (Å²) >= 11 is 7.95. The first-order chi connectivity index (χ1) is 11.2. The van der Waals surface area contributed by atoms with Crippen molar-refractivity contribution in [1.29, 1.82) is 0 Å². The monoisotopic (exact) mass is 347 g/mol. The smallest absolute Gasteiger partial charge is 0.0944 e. The van der Waals surface area contributed by atoms with Crippen molar-refractivity contribution in [3.8, 4) is 0 Å². The van der Waals surface area contributed by atoms with E-state index in [1.807, 2.05) is 23.5 Å². The van der Waals surface area contributed by atoms with Crippen LogP contribution in [0.3, 0.4) is 0 Å². The summed E-state index contributed by atoms with van der Waals surface area (Å²) in [7, 11) is 0. The Kier molecular flexibility index (Phi) is 4.18. The first-order valence-corrected chi connectivity index (χ1v) is 9.60. The number of rotatable bonds is 4. The van der Waals surface area contributed by atoms with E-state index in [2.05, 4.69) is 17.4 Å². The highest BCUT2D eigenvalue weighted by Crippen LogP contribution is 2.53. The van der Waals surface area contributed by atoms with Crippen LogP contribution in [0.4, 0.5) is 0 Å². The van der Waals surface area contributed by atoms with Crippen LogP contribution in [0.25, 0.3) is 0 Å². The van der Waals surface area contributed by atoms with Crippen LogP contribution in [0.15, 0.2) is 24.3 Å². The number of hydrogen-bond donors (Lipinski definition) is 2. The summed E-state index contributed by atoms with van der Waals surface area (Å²) in [5.41, 5.74) is 8.57. The molecule has 1 atom stereocenters. The fourth-order valence-corrected chi connectivity index (χ4v) is 5.26. The van der Waals surface area contributed by atoms with Crippen LogP contribution in [0.1, 0.15) is 46.4 Å². The summed E-state index contributed by atoms with van der Waals surface area (Å²) in [6, 6.07) is 8.75. The van der Waals surface area contributed by atoms with Gasteiger partial charge in [0.05, 0.1) is 16.7 Å². The van der Waals surface area contributed by atoms with Crippen molar-refractivity contribution in [3.63, 3.8) is 0 Å². The number of benzene rings is 1. The van der Waals surface area contributed by atoms with Gasteiger partial charge in [-0.25, -0.2) is 4.98 Å². The third kappa shape index (κ3) is 2.62. The van der Waals surface area contributed by atoms with Crippen molar-refractivity contribution in [2.24, 2.45) is 5.73 Å². The Balaban J connectivity index is 1.73. The van der Waals surface area contributed by atoms with E-state index in [0.29, 0.717) is 12.6 Å². The summed E-state index contributed by atoms with van der Waals surface area (Å²) < 4.78 is 0. The van der Waals surface area contributed by atoms with Crippen molar-refractivity contribution in [1.82, 2.24) is 10.3 Å². The second-order valence-electron chi connectivity index (χ2n) is 6.61. The lowest BCUT2D eigenvalue weighted by Crippen LogP contribution is -2.49. The highest BCUT2D eigenvalue weighted by molar-refractivity contribution is 7.11. The molecule has 1 aliphatic heterocycles. The maximum absolute atomic E-state index is 6.09. The second kappa shape index (κ2) is 6.17. The van der Waals surface area contributed by atoms with Crippen LogP contribution >= 0.6 is 22.9 Å². The molecule has 0 amide bonds. The third-order valence-electron chi connectivity index (χ3n) is 5.32. The van der Waals surface area contributed by atoms with Gasteiger partial charge in [0.2, 0.25) is 0 Å². The SMILES string of the molecule is NCCc1nc2c(s1)CCNC2C1(c2ccc(Cl)cc2)CCC1. The van der Waals surface area contributed by atoms with Crippen molar-refractivity contribution >= 4 is 22.9 Å². The molecule has 1 aliphatic carbocycles. The minimum Gasteiger partial charge on any atom is -0.330 e. The minimum atomic E-state index is 0.174.